The van der Waals surface area contributed by atoms with Crippen molar-refractivity contribution in [2.75, 3.05) is 26.2 Å². The van der Waals surface area contributed by atoms with Crippen LogP contribution in [0.5, 0.6) is 17.2 Å². The van der Waals surface area contributed by atoms with Gasteiger partial charge in [0.25, 0.3) is 17.1 Å². The normalized spacial score (nSPS) is 15.7. The molecule has 0 saturated carbocycles. The third-order valence-corrected chi connectivity index (χ3v) is 5.80. The maximum Gasteiger partial charge on any atom is 0.269 e. The number of anilines is 1. The first-order chi connectivity index (χ1) is 16.6. The zero-order valence-electron chi connectivity index (χ0n) is 20.1. The van der Waals surface area contributed by atoms with Crippen LogP contribution >= 0.6 is 15.9 Å². The van der Waals surface area contributed by atoms with E-state index < -0.39 is 11.2 Å². The Morgan fingerprint density at radius 3 is 2.49 bits per heavy atom. The number of phenolic OH excluding ortho intramolecular Hbond substituents is 1. The Kier molecular flexibility index (Phi) is 8.73. The van der Waals surface area contributed by atoms with Gasteiger partial charge < -0.3 is 30.1 Å². The van der Waals surface area contributed by atoms with Crippen LogP contribution in [0.15, 0.2) is 43.6 Å². The number of hydrogen-bond acceptors (Lipinski definition) is 7. The Balaban J connectivity index is 0.000000795. The lowest BCUT2D eigenvalue weighted by molar-refractivity contribution is 0.0824. The number of nitrogens with one attached hydrogen (secondary N) is 2. The van der Waals surface area contributed by atoms with E-state index in [1.165, 1.54) is 4.90 Å². The summed E-state index contributed by atoms with van der Waals surface area (Å²) < 4.78 is 31.0. The summed E-state index contributed by atoms with van der Waals surface area (Å²) in [5.41, 5.74) is 1.22. The quantitative estimate of drug-likeness (QED) is 0.481. The number of phenols is 1. The van der Waals surface area contributed by atoms with Crippen molar-refractivity contribution in [1.82, 2.24) is 10.2 Å². The van der Waals surface area contributed by atoms with E-state index in [2.05, 4.69) is 56.1 Å². The fourth-order valence-corrected chi connectivity index (χ4v) is 4.05. The van der Waals surface area contributed by atoms with Gasteiger partial charge in [0.15, 0.2) is 28.9 Å². The Bertz CT molecular complexity index is 1200. The number of aromatic hydroxyl groups is 1. The van der Waals surface area contributed by atoms with Gasteiger partial charge in [-0.2, -0.15) is 0 Å². The van der Waals surface area contributed by atoms with Crippen molar-refractivity contribution in [1.29, 1.82) is 0 Å². The van der Waals surface area contributed by atoms with Crippen molar-refractivity contribution in [2.45, 2.75) is 27.3 Å². The van der Waals surface area contributed by atoms with Gasteiger partial charge in [-0.3, -0.25) is 4.79 Å². The highest BCUT2D eigenvalue weighted by Gasteiger charge is 2.24. The average Bonchev–Trinajstić information content (AvgIpc) is 3.39. The van der Waals surface area contributed by atoms with E-state index in [-0.39, 0.29) is 41.4 Å². The lowest BCUT2D eigenvalue weighted by Gasteiger charge is -2.16. The highest BCUT2D eigenvalue weighted by molar-refractivity contribution is 9.10. The lowest BCUT2D eigenvalue weighted by Crippen LogP contribution is -2.33. The maximum absolute atomic E-state index is 12.4. The third-order valence-electron chi connectivity index (χ3n) is 4.46. The molecule has 1 amide bonds. The van der Waals surface area contributed by atoms with Crippen molar-refractivity contribution in [3.63, 3.8) is 0 Å². The number of rotatable bonds is 4. The standard InChI is InChI=1S/C19H18BrN5O5S.C4H10/c1-25(2)19(27)15-11(20)4-5-12(16(15)26)22-18-17(23-31(28)24-18)21-8-10-3-6-13-14(7-10)30-9-29-13;1-4(2)3/h3-7,26H,8-9H2,1-2H3,(H,21,23)(H,22,24);4H,1-3H3. The van der Waals surface area contributed by atoms with Crippen molar-refractivity contribution >= 4 is 50.4 Å². The molecule has 3 N–H and O–H groups in total. The van der Waals surface area contributed by atoms with Gasteiger partial charge in [0.05, 0.1) is 11.3 Å². The molecule has 12 heteroatoms. The first-order valence-electron chi connectivity index (χ1n) is 10.8. The van der Waals surface area contributed by atoms with Crippen molar-refractivity contribution in [2.24, 2.45) is 14.7 Å². The SMILES string of the molecule is CC(C)C.CN(C)C(=O)c1c(Br)ccc(NC2=NS(=O)N=C2NCc2ccc3c(c2)OCO3)c1O. The summed E-state index contributed by atoms with van der Waals surface area (Å²) in [6.45, 7) is 7.05. The molecule has 1 unspecified atom stereocenters. The fourth-order valence-electron chi connectivity index (χ4n) is 2.92. The van der Waals surface area contributed by atoms with Crippen LogP contribution in [0.4, 0.5) is 5.69 Å². The number of ether oxygens (including phenoxy) is 2. The molecule has 0 radical (unpaired) electrons. The van der Waals surface area contributed by atoms with Crippen molar-refractivity contribution in [3.8, 4) is 17.2 Å². The number of amidine groups is 2. The number of nitrogens with zero attached hydrogens (tertiary/aromatic N) is 3. The van der Waals surface area contributed by atoms with E-state index in [0.717, 1.165) is 11.5 Å². The van der Waals surface area contributed by atoms with Crippen LogP contribution in [0, 0.1) is 5.92 Å². The number of benzene rings is 2. The molecule has 10 nitrogen and oxygen atoms in total. The summed E-state index contributed by atoms with van der Waals surface area (Å²) in [5, 5.41) is 16.6. The van der Waals surface area contributed by atoms with E-state index >= 15 is 0 Å². The molecule has 0 spiro atoms. The molecule has 2 aliphatic rings. The molecule has 0 aromatic heterocycles. The van der Waals surface area contributed by atoms with Crippen molar-refractivity contribution < 1.29 is 23.6 Å². The first-order valence-corrected chi connectivity index (χ1v) is 12.6. The predicted octanol–water partition coefficient (Wildman–Crippen LogP) is 3.84. The summed E-state index contributed by atoms with van der Waals surface area (Å²) in [4.78, 5) is 13.8. The molecule has 0 bridgehead atoms. The number of fused-ring (bicyclic) bond motifs is 1. The second kappa shape index (κ2) is 11.5. The van der Waals surface area contributed by atoms with Crippen LogP contribution < -0.4 is 20.1 Å². The van der Waals surface area contributed by atoms with E-state index in [4.69, 9.17) is 9.47 Å². The minimum absolute atomic E-state index is 0.0986. The van der Waals surface area contributed by atoms with Crippen LogP contribution in [0.2, 0.25) is 0 Å². The van der Waals surface area contributed by atoms with Gasteiger partial charge in [-0.1, -0.05) is 26.8 Å². The summed E-state index contributed by atoms with van der Waals surface area (Å²) >= 11 is 1.48. The molecule has 0 aliphatic carbocycles. The number of carbonyl (C=O) groups excluding carboxylic acids is 1. The van der Waals surface area contributed by atoms with Gasteiger partial charge in [0, 0.05) is 25.1 Å². The van der Waals surface area contributed by atoms with Gasteiger partial charge in [-0.15, -0.1) is 8.80 Å². The summed E-state index contributed by atoms with van der Waals surface area (Å²) in [7, 11) is 3.17. The van der Waals surface area contributed by atoms with E-state index in [9.17, 15) is 14.1 Å². The number of amides is 1. The molecule has 2 aromatic rings. The van der Waals surface area contributed by atoms with Gasteiger partial charge >= 0.3 is 0 Å². The molecule has 0 fully saturated rings. The topological polar surface area (TPSA) is 125 Å². The maximum atomic E-state index is 12.4. The number of carbonyl (C=O) groups is 1. The molecule has 1 atom stereocenters. The Morgan fingerprint density at radius 1 is 1.14 bits per heavy atom. The molecule has 2 heterocycles. The van der Waals surface area contributed by atoms with Gasteiger partial charge in [-0.25, -0.2) is 4.21 Å². The molecule has 188 valence electrons. The molecular weight excluding hydrogens is 538 g/mol. The van der Waals surface area contributed by atoms with Gasteiger partial charge in [0.1, 0.15) is 0 Å². The summed E-state index contributed by atoms with van der Waals surface area (Å²) in [5.74, 6) is 1.98. The molecule has 35 heavy (non-hydrogen) atoms. The van der Waals surface area contributed by atoms with E-state index in [1.54, 1.807) is 26.2 Å². The Hall–Kier alpha value is -3.12. The zero-order chi connectivity index (χ0) is 25.7. The van der Waals surface area contributed by atoms with Crippen LogP contribution in [0.25, 0.3) is 0 Å². The minimum atomic E-state index is -1.81. The van der Waals surface area contributed by atoms with E-state index in [0.29, 0.717) is 22.5 Å². The van der Waals surface area contributed by atoms with Crippen LogP contribution in [-0.2, 0) is 17.7 Å². The zero-order valence-corrected chi connectivity index (χ0v) is 22.5. The Morgan fingerprint density at radius 2 is 1.80 bits per heavy atom. The van der Waals surface area contributed by atoms with Crippen LogP contribution in [-0.4, -0.2) is 52.7 Å². The second-order valence-electron chi connectivity index (χ2n) is 8.53. The monoisotopic (exact) mass is 565 g/mol. The second-order valence-corrected chi connectivity index (χ2v) is 10.2. The smallest absolute Gasteiger partial charge is 0.269 e. The average molecular weight is 566 g/mol. The molecule has 4 rings (SSSR count). The largest absolute Gasteiger partial charge is 0.505 e. The molecular formula is C23H28BrN5O5S. The minimum Gasteiger partial charge on any atom is -0.505 e. The lowest BCUT2D eigenvalue weighted by atomic mass is 10.1. The first kappa shape index (κ1) is 26.5. The summed E-state index contributed by atoms with van der Waals surface area (Å²) in [6, 6.07) is 8.72. The third kappa shape index (κ3) is 6.73. The number of hydrogen-bond donors (Lipinski definition) is 3. The predicted molar refractivity (Wildman–Crippen MR) is 140 cm³/mol. The molecule has 2 aliphatic heterocycles. The Labute approximate surface area is 215 Å². The van der Waals surface area contributed by atoms with Crippen LogP contribution in [0.1, 0.15) is 36.7 Å². The van der Waals surface area contributed by atoms with E-state index in [1.807, 2.05) is 18.2 Å². The van der Waals surface area contributed by atoms with Gasteiger partial charge in [-0.05, 0) is 51.7 Å². The fraction of sp³-hybridized carbons (Fsp3) is 0.348. The summed E-state index contributed by atoms with van der Waals surface area (Å²) in [6.07, 6.45) is 0. The van der Waals surface area contributed by atoms with Crippen LogP contribution in [0.3, 0.4) is 0 Å². The molecule has 0 saturated heterocycles. The highest BCUT2D eigenvalue weighted by Crippen LogP contribution is 2.35. The van der Waals surface area contributed by atoms with Gasteiger partial charge in [0.2, 0.25) is 6.79 Å². The molecule has 2 aromatic carbocycles. The van der Waals surface area contributed by atoms with Crippen molar-refractivity contribution in [3.05, 3.63) is 45.9 Å². The number of halogens is 1. The highest BCUT2D eigenvalue weighted by atomic mass is 79.9.